The quantitative estimate of drug-likeness (QED) is 0.741. The van der Waals surface area contributed by atoms with E-state index in [-0.39, 0.29) is 5.38 Å². The average molecular weight is 304 g/mol. The van der Waals surface area contributed by atoms with Gasteiger partial charge in [0.15, 0.2) is 0 Å². The van der Waals surface area contributed by atoms with Crippen molar-refractivity contribution in [3.05, 3.63) is 59.2 Å². The zero-order valence-electron chi connectivity index (χ0n) is 13.1. The van der Waals surface area contributed by atoms with Crippen molar-refractivity contribution in [2.45, 2.75) is 19.2 Å². The van der Waals surface area contributed by atoms with Gasteiger partial charge in [-0.05, 0) is 31.5 Å². The molecule has 1 unspecified atom stereocenters. The summed E-state index contributed by atoms with van der Waals surface area (Å²) in [5.41, 5.74) is 4.54. The monoisotopic (exact) mass is 303 g/mol. The summed E-state index contributed by atoms with van der Waals surface area (Å²) in [6, 6.07) is 14.5. The zero-order valence-corrected chi connectivity index (χ0v) is 13.8. The van der Waals surface area contributed by atoms with Crippen LogP contribution < -0.4 is 9.64 Å². The van der Waals surface area contributed by atoms with E-state index in [1.807, 2.05) is 18.2 Å². The fourth-order valence-corrected chi connectivity index (χ4v) is 2.99. The van der Waals surface area contributed by atoms with Gasteiger partial charge in [0.1, 0.15) is 5.75 Å². The van der Waals surface area contributed by atoms with Crippen LogP contribution in [0.3, 0.4) is 0 Å². The van der Waals surface area contributed by atoms with Crippen LogP contribution >= 0.6 is 11.6 Å². The lowest BCUT2D eigenvalue weighted by atomic mass is 10.0. The molecule has 0 N–H and O–H groups in total. The maximum absolute atomic E-state index is 6.66. The van der Waals surface area contributed by atoms with Gasteiger partial charge in [-0.25, -0.2) is 0 Å². The number of aryl methyl sites for hydroxylation is 2. The van der Waals surface area contributed by atoms with Crippen LogP contribution in [0.5, 0.6) is 5.75 Å². The van der Waals surface area contributed by atoms with E-state index in [0.717, 1.165) is 29.1 Å². The number of alkyl halides is 1. The van der Waals surface area contributed by atoms with Gasteiger partial charge in [0, 0.05) is 24.8 Å². The number of methoxy groups -OCH3 is 1. The fourth-order valence-electron chi connectivity index (χ4n) is 2.63. The SMILES string of the molecule is COc1c(C)cc(C)cc1C(Cl)CN(C)c1ccccc1. The van der Waals surface area contributed by atoms with Crippen LogP contribution in [0.25, 0.3) is 0 Å². The van der Waals surface area contributed by atoms with Crippen molar-refractivity contribution >= 4 is 17.3 Å². The van der Waals surface area contributed by atoms with Crippen molar-refractivity contribution in [1.29, 1.82) is 0 Å². The second kappa shape index (κ2) is 6.86. The first kappa shape index (κ1) is 15.7. The molecule has 112 valence electrons. The Morgan fingerprint density at radius 2 is 1.81 bits per heavy atom. The molecule has 1 atom stereocenters. The van der Waals surface area contributed by atoms with Gasteiger partial charge in [0.25, 0.3) is 0 Å². The van der Waals surface area contributed by atoms with E-state index in [2.05, 4.69) is 50.1 Å². The normalized spacial score (nSPS) is 12.0. The number of rotatable bonds is 5. The lowest BCUT2D eigenvalue weighted by molar-refractivity contribution is 0.406. The Kier molecular flexibility index (Phi) is 5.13. The smallest absolute Gasteiger partial charge is 0.126 e. The Morgan fingerprint density at radius 1 is 1.14 bits per heavy atom. The molecule has 0 saturated heterocycles. The summed E-state index contributed by atoms with van der Waals surface area (Å²) in [7, 11) is 3.76. The molecule has 0 radical (unpaired) electrons. The Balaban J connectivity index is 2.22. The lowest BCUT2D eigenvalue weighted by Crippen LogP contribution is -2.22. The first-order valence-corrected chi connectivity index (χ1v) is 7.52. The standard InChI is InChI=1S/C18H22ClNO/c1-13-10-14(2)18(21-4)16(11-13)17(19)12-20(3)15-8-6-5-7-9-15/h5-11,17H,12H2,1-4H3. The third kappa shape index (κ3) is 3.70. The van der Waals surface area contributed by atoms with Gasteiger partial charge < -0.3 is 9.64 Å². The molecule has 2 rings (SSSR count). The van der Waals surface area contributed by atoms with Crippen LogP contribution in [0.4, 0.5) is 5.69 Å². The van der Waals surface area contributed by atoms with Crippen molar-refractivity contribution in [1.82, 2.24) is 0 Å². The minimum absolute atomic E-state index is 0.122. The van der Waals surface area contributed by atoms with Crippen molar-refractivity contribution in [2.24, 2.45) is 0 Å². The Bertz CT molecular complexity index is 598. The van der Waals surface area contributed by atoms with Crippen molar-refractivity contribution in [2.75, 3.05) is 25.6 Å². The summed E-state index contributed by atoms with van der Waals surface area (Å²) in [6.07, 6.45) is 0. The predicted molar refractivity (Wildman–Crippen MR) is 90.8 cm³/mol. The summed E-state index contributed by atoms with van der Waals surface area (Å²) in [6.45, 7) is 4.87. The fraction of sp³-hybridized carbons (Fsp3) is 0.333. The van der Waals surface area contributed by atoms with E-state index < -0.39 is 0 Å². The molecule has 0 spiro atoms. The highest BCUT2D eigenvalue weighted by atomic mass is 35.5. The molecule has 2 nitrogen and oxygen atoms in total. The summed E-state index contributed by atoms with van der Waals surface area (Å²) in [5.74, 6) is 0.891. The number of nitrogens with zero attached hydrogens (tertiary/aromatic N) is 1. The second-order valence-electron chi connectivity index (χ2n) is 5.39. The zero-order chi connectivity index (χ0) is 15.4. The highest BCUT2D eigenvalue weighted by molar-refractivity contribution is 6.21. The third-order valence-corrected chi connectivity index (χ3v) is 3.99. The van der Waals surface area contributed by atoms with Gasteiger partial charge in [-0.3, -0.25) is 0 Å². The molecule has 0 aliphatic heterocycles. The summed E-state index contributed by atoms with van der Waals surface area (Å²) >= 11 is 6.66. The van der Waals surface area contributed by atoms with Gasteiger partial charge in [-0.2, -0.15) is 0 Å². The summed E-state index contributed by atoms with van der Waals surface area (Å²) in [4.78, 5) is 2.16. The van der Waals surface area contributed by atoms with E-state index in [4.69, 9.17) is 16.3 Å². The average Bonchev–Trinajstić information content (AvgIpc) is 2.47. The third-order valence-electron chi connectivity index (χ3n) is 3.62. The molecular formula is C18H22ClNO. The molecule has 2 aromatic rings. The van der Waals surface area contributed by atoms with Crippen LogP contribution in [0.2, 0.25) is 0 Å². The van der Waals surface area contributed by atoms with Crippen molar-refractivity contribution in [3.8, 4) is 5.75 Å². The van der Waals surface area contributed by atoms with Crippen LogP contribution in [0, 0.1) is 13.8 Å². The van der Waals surface area contributed by atoms with Crippen molar-refractivity contribution < 1.29 is 4.74 Å². The molecule has 0 aliphatic rings. The Labute approximate surface area is 132 Å². The number of hydrogen-bond acceptors (Lipinski definition) is 2. The van der Waals surface area contributed by atoms with Gasteiger partial charge in [0.2, 0.25) is 0 Å². The van der Waals surface area contributed by atoms with E-state index >= 15 is 0 Å². The van der Waals surface area contributed by atoms with Crippen LogP contribution in [-0.4, -0.2) is 20.7 Å². The number of anilines is 1. The number of likely N-dealkylation sites (N-methyl/N-ethyl adjacent to an activating group) is 1. The van der Waals surface area contributed by atoms with E-state index in [1.165, 1.54) is 5.56 Å². The maximum Gasteiger partial charge on any atom is 0.126 e. The van der Waals surface area contributed by atoms with E-state index in [0.29, 0.717) is 0 Å². The maximum atomic E-state index is 6.66. The number of halogens is 1. The molecule has 0 fully saturated rings. The largest absolute Gasteiger partial charge is 0.496 e. The van der Waals surface area contributed by atoms with E-state index in [9.17, 15) is 0 Å². The first-order chi connectivity index (χ1) is 10.0. The van der Waals surface area contributed by atoms with Crippen molar-refractivity contribution in [3.63, 3.8) is 0 Å². The molecule has 0 amide bonds. The van der Waals surface area contributed by atoms with Gasteiger partial charge >= 0.3 is 0 Å². The minimum Gasteiger partial charge on any atom is -0.496 e. The highest BCUT2D eigenvalue weighted by Gasteiger charge is 2.18. The minimum atomic E-state index is -0.122. The Morgan fingerprint density at radius 3 is 2.43 bits per heavy atom. The number of hydrogen-bond donors (Lipinski definition) is 0. The molecule has 0 bridgehead atoms. The molecule has 21 heavy (non-hydrogen) atoms. The molecule has 0 heterocycles. The first-order valence-electron chi connectivity index (χ1n) is 7.08. The lowest BCUT2D eigenvalue weighted by Gasteiger charge is -2.24. The van der Waals surface area contributed by atoms with Gasteiger partial charge in [0.05, 0.1) is 12.5 Å². The van der Waals surface area contributed by atoms with E-state index in [1.54, 1.807) is 7.11 Å². The van der Waals surface area contributed by atoms with Crippen LogP contribution in [0.1, 0.15) is 22.1 Å². The molecule has 2 aromatic carbocycles. The number of para-hydroxylation sites is 1. The summed E-state index contributed by atoms with van der Waals surface area (Å²) < 4.78 is 5.54. The predicted octanol–water partition coefficient (Wildman–Crippen LogP) is 4.73. The topological polar surface area (TPSA) is 12.5 Å². The summed E-state index contributed by atoms with van der Waals surface area (Å²) in [5, 5.41) is -0.122. The molecule has 0 saturated carbocycles. The van der Waals surface area contributed by atoms with Gasteiger partial charge in [-0.1, -0.05) is 35.9 Å². The van der Waals surface area contributed by atoms with Gasteiger partial charge in [-0.15, -0.1) is 11.6 Å². The number of ether oxygens (including phenoxy) is 1. The Hall–Kier alpha value is -1.67. The number of benzene rings is 2. The molecule has 0 aliphatic carbocycles. The molecule has 3 heteroatoms. The second-order valence-corrected chi connectivity index (χ2v) is 5.91. The van der Waals surface area contributed by atoms with Crippen LogP contribution in [-0.2, 0) is 0 Å². The molecule has 0 aromatic heterocycles. The highest BCUT2D eigenvalue weighted by Crippen LogP contribution is 2.34. The molecular weight excluding hydrogens is 282 g/mol. The van der Waals surface area contributed by atoms with Crippen LogP contribution in [0.15, 0.2) is 42.5 Å².